The van der Waals surface area contributed by atoms with E-state index in [2.05, 4.69) is 20.3 Å². The summed E-state index contributed by atoms with van der Waals surface area (Å²) in [4.78, 5) is 5.08. The lowest BCUT2D eigenvalue weighted by atomic mass is 9.85. The van der Waals surface area contributed by atoms with Crippen LogP contribution < -0.4 is 5.73 Å². The number of aromatic nitrogens is 5. The SMILES string of the molecule is Nc1nc(-c2nn3c(C4CCC4)nnc3s2)cs1. The van der Waals surface area contributed by atoms with Gasteiger partial charge in [-0.15, -0.1) is 21.5 Å². The molecule has 3 aromatic rings. The van der Waals surface area contributed by atoms with Gasteiger partial charge in [-0.25, -0.2) is 4.98 Å². The fraction of sp³-hybridized carbons (Fsp3) is 0.400. The molecule has 0 atom stereocenters. The standard InChI is InChI=1S/C10H10N6S2/c11-9-12-6(4-17-9)8-15-16-7(5-2-1-3-5)13-14-10(16)18-8/h4-5H,1-3H2,(H2,11,12). The number of anilines is 1. The summed E-state index contributed by atoms with van der Waals surface area (Å²) >= 11 is 2.93. The molecule has 0 aliphatic heterocycles. The maximum absolute atomic E-state index is 5.64. The van der Waals surface area contributed by atoms with Gasteiger partial charge >= 0.3 is 0 Å². The van der Waals surface area contributed by atoms with E-state index in [0.717, 1.165) is 21.5 Å². The van der Waals surface area contributed by atoms with Crippen LogP contribution in [0.2, 0.25) is 0 Å². The molecule has 0 spiro atoms. The van der Waals surface area contributed by atoms with E-state index >= 15 is 0 Å². The van der Waals surface area contributed by atoms with Crippen molar-refractivity contribution in [2.45, 2.75) is 25.2 Å². The van der Waals surface area contributed by atoms with Gasteiger partial charge in [0.15, 0.2) is 16.0 Å². The van der Waals surface area contributed by atoms with Crippen molar-refractivity contribution in [3.63, 3.8) is 0 Å². The van der Waals surface area contributed by atoms with E-state index in [-0.39, 0.29) is 0 Å². The van der Waals surface area contributed by atoms with Crippen molar-refractivity contribution in [1.82, 2.24) is 24.8 Å². The molecule has 1 saturated carbocycles. The molecule has 0 amide bonds. The zero-order valence-electron chi connectivity index (χ0n) is 9.41. The molecule has 0 radical (unpaired) electrons. The maximum Gasteiger partial charge on any atom is 0.235 e. The van der Waals surface area contributed by atoms with Crippen LogP contribution in [0, 0.1) is 0 Å². The Morgan fingerprint density at radius 1 is 1.33 bits per heavy atom. The average molecular weight is 278 g/mol. The van der Waals surface area contributed by atoms with Crippen LogP contribution in [0.1, 0.15) is 31.0 Å². The van der Waals surface area contributed by atoms with Gasteiger partial charge in [-0.3, -0.25) is 0 Å². The number of hydrogen-bond acceptors (Lipinski definition) is 7. The summed E-state index contributed by atoms with van der Waals surface area (Å²) in [6.45, 7) is 0. The Kier molecular flexibility index (Phi) is 2.15. The summed E-state index contributed by atoms with van der Waals surface area (Å²) in [6, 6.07) is 0. The number of nitrogen functional groups attached to an aromatic ring is 1. The molecule has 6 nitrogen and oxygen atoms in total. The fourth-order valence-electron chi connectivity index (χ4n) is 2.04. The third-order valence-electron chi connectivity index (χ3n) is 3.23. The molecule has 3 heterocycles. The molecule has 18 heavy (non-hydrogen) atoms. The number of fused-ring (bicyclic) bond motifs is 1. The quantitative estimate of drug-likeness (QED) is 0.776. The van der Waals surface area contributed by atoms with Gasteiger partial charge in [0.25, 0.3) is 0 Å². The van der Waals surface area contributed by atoms with Gasteiger partial charge in [0.1, 0.15) is 5.69 Å². The van der Waals surface area contributed by atoms with E-state index < -0.39 is 0 Å². The number of thiazole rings is 1. The van der Waals surface area contributed by atoms with E-state index in [1.807, 2.05) is 9.90 Å². The summed E-state index contributed by atoms with van der Waals surface area (Å²) in [5.41, 5.74) is 6.47. The second-order valence-electron chi connectivity index (χ2n) is 4.36. The van der Waals surface area contributed by atoms with Crippen LogP contribution in [0.4, 0.5) is 5.13 Å². The molecule has 8 heteroatoms. The molecule has 0 aromatic carbocycles. The molecule has 2 N–H and O–H groups in total. The molecule has 0 bridgehead atoms. The second kappa shape index (κ2) is 3.72. The molecule has 1 aliphatic carbocycles. The topological polar surface area (TPSA) is 82.0 Å². The van der Waals surface area contributed by atoms with Crippen LogP contribution in [-0.2, 0) is 0 Å². The van der Waals surface area contributed by atoms with Crippen LogP contribution in [0.3, 0.4) is 0 Å². The Bertz CT molecular complexity index is 707. The van der Waals surface area contributed by atoms with Gasteiger partial charge < -0.3 is 5.73 Å². The largest absolute Gasteiger partial charge is 0.375 e. The van der Waals surface area contributed by atoms with Crippen LogP contribution in [0.25, 0.3) is 15.7 Å². The first-order chi connectivity index (χ1) is 8.81. The highest BCUT2D eigenvalue weighted by Gasteiger charge is 2.26. The zero-order valence-corrected chi connectivity index (χ0v) is 11.0. The maximum atomic E-state index is 5.64. The summed E-state index contributed by atoms with van der Waals surface area (Å²) in [6.07, 6.45) is 3.66. The van der Waals surface area contributed by atoms with Gasteiger partial charge in [0.2, 0.25) is 4.96 Å². The summed E-state index contributed by atoms with van der Waals surface area (Å²) in [5, 5.41) is 16.3. The molecule has 0 unspecified atom stereocenters. The lowest BCUT2D eigenvalue weighted by Crippen LogP contribution is -2.12. The fourth-order valence-corrected chi connectivity index (χ4v) is 3.47. The number of nitrogens with two attached hydrogens (primary N) is 1. The normalized spacial score (nSPS) is 16.2. The second-order valence-corrected chi connectivity index (χ2v) is 6.20. The molecular formula is C10H10N6S2. The van der Waals surface area contributed by atoms with Gasteiger partial charge in [-0.1, -0.05) is 17.8 Å². The van der Waals surface area contributed by atoms with Gasteiger partial charge in [-0.2, -0.15) is 9.61 Å². The van der Waals surface area contributed by atoms with E-state index in [4.69, 9.17) is 5.73 Å². The molecule has 4 rings (SSSR count). The van der Waals surface area contributed by atoms with Crippen molar-refractivity contribution < 1.29 is 0 Å². The summed E-state index contributed by atoms with van der Waals surface area (Å²) in [5.74, 6) is 1.51. The zero-order chi connectivity index (χ0) is 12.1. The Hall–Kier alpha value is -1.54. The van der Waals surface area contributed by atoms with Gasteiger partial charge in [0.05, 0.1) is 0 Å². The van der Waals surface area contributed by atoms with Crippen LogP contribution in [0.5, 0.6) is 0 Å². The number of nitrogens with zero attached hydrogens (tertiary/aromatic N) is 5. The van der Waals surface area contributed by atoms with E-state index in [1.54, 1.807) is 0 Å². The van der Waals surface area contributed by atoms with Crippen molar-refractivity contribution in [3.05, 3.63) is 11.2 Å². The molecule has 92 valence electrons. The van der Waals surface area contributed by atoms with Crippen molar-refractivity contribution in [3.8, 4) is 10.7 Å². The minimum absolute atomic E-state index is 0.524. The van der Waals surface area contributed by atoms with Crippen molar-refractivity contribution >= 4 is 32.8 Å². The summed E-state index contributed by atoms with van der Waals surface area (Å²) < 4.78 is 1.86. The minimum Gasteiger partial charge on any atom is -0.375 e. The molecule has 1 aliphatic rings. The lowest BCUT2D eigenvalue weighted by Gasteiger charge is -2.22. The summed E-state index contributed by atoms with van der Waals surface area (Å²) in [7, 11) is 0. The van der Waals surface area contributed by atoms with E-state index in [9.17, 15) is 0 Å². The monoisotopic (exact) mass is 278 g/mol. The lowest BCUT2D eigenvalue weighted by molar-refractivity contribution is 0.395. The van der Waals surface area contributed by atoms with Crippen molar-refractivity contribution in [2.24, 2.45) is 0 Å². The van der Waals surface area contributed by atoms with Crippen molar-refractivity contribution in [1.29, 1.82) is 0 Å². The Morgan fingerprint density at radius 2 is 2.22 bits per heavy atom. The van der Waals surface area contributed by atoms with Crippen LogP contribution in [-0.4, -0.2) is 24.8 Å². The van der Waals surface area contributed by atoms with Gasteiger partial charge in [-0.05, 0) is 12.8 Å². The van der Waals surface area contributed by atoms with E-state index in [0.29, 0.717) is 11.0 Å². The van der Waals surface area contributed by atoms with E-state index in [1.165, 1.54) is 41.9 Å². The Morgan fingerprint density at radius 3 is 2.89 bits per heavy atom. The van der Waals surface area contributed by atoms with Crippen molar-refractivity contribution in [2.75, 3.05) is 5.73 Å². The van der Waals surface area contributed by atoms with Crippen LogP contribution in [0.15, 0.2) is 5.38 Å². The highest BCUT2D eigenvalue weighted by Crippen LogP contribution is 2.36. The highest BCUT2D eigenvalue weighted by atomic mass is 32.1. The first-order valence-corrected chi connectivity index (χ1v) is 7.44. The van der Waals surface area contributed by atoms with Crippen LogP contribution >= 0.6 is 22.7 Å². The molecule has 3 aromatic heterocycles. The third-order valence-corrected chi connectivity index (χ3v) is 4.82. The third kappa shape index (κ3) is 1.45. The predicted octanol–water partition coefficient (Wildman–Crippen LogP) is 2.16. The first-order valence-electron chi connectivity index (χ1n) is 5.75. The number of rotatable bonds is 2. The van der Waals surface area contributed by atoms with Gasteiger partial charge in [0, 0.05) is 11.3 Å². The Balaban J connectivity index is 1.81. The Labute approximate surface area is 110 Å². The average Bonchev–Trinajstić information content (AvgIpc) is 2.92. The smallest absolute Gasteiger partial charge is 0.235 e. The minimum atomic E-state index is 0.524. The number of hydrogen-bond donors (Lipinski definition) is 1. The molecule has 0 saturated heterocycles. The predicted molar refractivity (Wildman–Crippen MR) is 70.8 cm³/mol. The highest BCUT2D eigenvalue weighted by molar-refractivity contribution is 7.20. The first kappa shape index (κ1) is 10.4. The molecule has 1 fully saturated rings. The molecular weight excluding hydrogens is 268 g/mol.